The van der Waals surface area contributed by atoms with Crippen molar-refractivity contribution >= 4 is 12.0 Å². The lowest BCUT2D eigenvalue weighted by Crippen LogP contribution is -2.58. The van der Waals surface area contributed by atoms with Gasteiger partial charge in [-0.05, 0) is 45.6 Å². The third-order valence-electron chi connectivity index (χ3n) is 7.72. The number of carbonyl (C=O) groups excluding carboxylic acids is 2. The summed E-state index contributed by atoms with van der Waals surface area (Å²) in [7, 11) is 0. The number of rotatable bonds is 5. The summed E-state index contributed by atoms with van der Waals surface area (Å²) < 4.78 is 7.91. The Bertz CT molecular complexity index is 1260. The lowest BCUT2D eigenvalue weighted by Gasteiger charge is -2.41. The first-order valence-electron chi connectivity index (χ1n) is 14.3. The van der Waals surface area contributed by atoms with Crippen LogP contribution in [-0.4, -0.2) is 62.6 Å². The van der Waals surface area contributed by atoms with Crippen LogP contribution in [0, 0.1) is 0 Å². The van der Waals surface area contributed by atoms with Gasteiger partial charge in [-0.1, -0.05) is 79.9 Å². The summed E-state index contributed by atoms with van der Waals surface area (Å²) in [5.41, 5.74) is 2.96. The highest BCUT2D eigenvalue weighted by molar-refractivity contribution is 5.98. The van der Waals surface area contributed by atoms with E-state index in [1.54, 1.807) is 4.90 Å². The molecule has 1 atom stereocenters. The summed E-state index contributed by atoms with van der Waals surface area (Å²) >= 11 is 0. The molecule has 1 aromatic heterocycles. The number of piperazine rings is 1. The fraction of sp³-hybridized carbons (Fsp3) is 0.469. The normalized spacial score (nSPS) is 18.7. The average molecular weight is 529 g/mol. The molecule has 7 nitrogen and oxygen atoms in total. The molecule has 2 aliphatic rings. The van der Waals surface area contributed by atoms with Gasteiger partial charge in [0.25, 0.3) is 5.91 Å². The van der Waals surface area contributed by atoms with Gasteiger partial charge in [0.05, 0.1) is 18.1 Å². The van der Waals surface area contributed by atoms with E-state index in [0.717, 1.165) is 29.7 Å². The molecule has 0 N–H and O–H groups in total. The fourth-order valence-corrected chi connectivity index (χ4v) is 5.85. The highest BCUT2D eigenvalue weighted by Gasteiger charge is 2.37. The minimum absolute atomic E-state index is 0.0758. The number of nitrogens with zero attached hydrogens (tertiary/aromatic N) is 4. The molecule has 5 rings (SSSR count). The number of imidazole rings is 1. The molecule has 0 unspecified atom stereocenters. The van der Waals surface area contributed by atoms with Crippen LogP contribution in [-0.2, 0) is 11.2 Å². The van der Waals surface area contributed by atoms with Crippen molar-refractivity contribution in [3.8, 4) is 11.3 Å². The van der Waals surface area contributed by atoms with E-state index in [-0.39, 0.29) is 18.0 Å². The molecular formula is C32H40N4O3. The molecule has 0 bridgehead atoms. The van der Waals surface area contributed by atoms with E-state index < -0.39 is 5.60 Å². The molecule has 2 fully saturated rings. The molecule has 0 radical (unpaired) electrons. The predicted octanol–water partition coefficient (Wildman–Crippen LogP) is 6.36. The lowest BCUT2D eigenvalue weighted by atomic mass is 9.94. The zero-order chi connectivity index (χ0) is 27.4. The SMILES string of the molecule is CC(C)(C)OC(=O)N1CCN(C(=O)c2ncn(C3CCCCC3)c2-c2ccccc2)[C@H](Cc2ccccc2)C1. The summed E-state index contributed by atoms with van der Waals surface area (Å²) in [6.45, 7) is 6.90. The van der Waals surface area contributed by atoms with E-state index >= 15 is 0 Å². The highest BCUT2D eigenvalue weighted by Crippen LogP contribution is 2.35. The second-order valence-corrected chi connectivity index (χ2v) is 11.8. The largest absolute Gasteiger partial charge is 0.444 e. The molecule has 1 aliphatic carbocycles. The van der Waals surface area contributed by atoms with Crippen molar-refractivity contribution in [1.82, 2.24) is 19.4 Å². The van der Waals surface area contributed by atoms with Crippen LogP contribution in [0.3, 0.4) is 0 Å². The van der Waals surface area contributed by atoms with Gasteiger partial charge < -0.3 is 19.1 Å². The van der Waals surface area contributed by atoms with Crippen LogP contribution in [0.2, 0.25) is 0 Å². The zero-order valence-corrected chi connectivity index (χ0v) is 23.4. The van der Waals surface area contributed by atoms with E-state index in [2.05, 4.69) is 28.8 Å². The third kappa shape index (κ3) is 6.35. The fourth-order valence-electron chi connectivity index (χ4n) is 5.85. The summed E-state index contributed by atoms with van der Waals surface area (Å²) in [6.07, 6.45) is 8.06. The van der Waals surface area contributed by atoms with E-state index in [9.17, 15) is 9.59 Å². The van der Waals surface area contributed by atoms with Crippen LogP contribution in [0.1, 0.15) is 75.0 Å². The predicted molar refractivity (Wildman–Crippen MR) is 153 cm³/mol. The molecule has 1 saturated heterocycles. The molecule has 7 heteroatoms. The van der Waals surface area contributed by atoms with Gasteiger partial charge in [0.2, 0.25) is 0 Å². The molecule has 2 heterocycles. The first-order chi connectivity index (χ1) is 18.8. The summed E-state index contributed by atoms with van der Waals surface area (Å²) in [5.74, 6) is -0.0758. The van der Waals surface area contributed by atoms with Gasteiger partial charge in [-0.3, -0.25) is 4.79 Å². The van der Waals surface area contributed by atoms with Gasteiger partial charge in [0.1, 0.15) is 5.60 Å². The molecule has 2 amide bonds. The lowest BCUT2D eigenvalue weighted by molar-refractivity contribution is 0.00429. The van der Waals surface area contributed by atoms with Crippen LogP contribution in [0.4, 0.5) is 4.79 Å². The molecular weight excluding hydrogens is 488 g/mol. The quantitative estimate of drug-likeness (QED) is 0.386. The van der Waals surface area contributed by atoms with Crippen LogP contribution >= 0.6 is 0 Å². The molecule has 0 spiro atoms. The van der Waals surface area contributed by atoms with Gasteiger partial charge in [0.15, 0.2) is 5.69 Å². The van der Waals surface area contributed by atoms with E-state index in [0.29, 0.717) is 37.8 Å². The van der Waals surface area contributed by atoms with Crippen molar-refractivity contribution in [2.75, 3.05) is 19.6 Å². The van der Waals surface area contributed by atoms with Gasteiger partial charge in [-0.2, -0.15) is 0 Å². The Hall–Kier alpha value is -3.61. The van der Waals surface area contributed by atoms with Crippen molar-refractivity contribution in [3.05, 3.63) is 78.2 Å². The summed E-state index contributed by atoms with van der Waals surface area (Å²) in [4.78, 5) is 35.7. The van der Waals surface area contributed by atoms with Gasteiger partial charge in [-0.25, -0.2) is 9.78 Å². The first-order valence-corrected chi connectivity index (χ1v) is 14.3. The molecule has 2 aromatic carbocycles. The number of ether oxygens (including phenoxy) is 1. The van der Waals surface area contributed by atoms with Crippen molar-refractivity contribution < 1.29 is 14.3 Å². The Morgan fingerprint density at radius 1 is 0.923 bits per heavy atom. The van der Waals surface area contributed by atoms with Crippen molar-refractivity contribution in [1.29, 1.82) is 0 Å². The number of benzene rings is 2. The minimum Gasteiger partial charge on any atom is -0.444 e. The zero-order valence-electron chi connectivity index (χ0n) is 23.4. The van der Waals surface area contributed by atoms with E-state index in [4.69, 9.17) is 9.72 Å². The Kier molecular flexibility index (Phi) is 8.05. The maximum atomic E-state index is 14.3. The topological polar surface area (TPSA) is 67.7 Å². The number of aromatic nitrogens is 2. The summed E-state index contributed by atoms with van der Waals surface area (Å²) in [5, 5.41) is 0. The van der Waals surface area contributed by atoms with Crippen LogP contribution in [0.15, 0.2) is 67.0 Å². The number of carbonyl (C=O) groups is 2. The molecule has 39 heavy (non-hydrogen) atoms. The third-order valence-corrected chi connectivity index (χ3v) is 7.72. The minimum atomic E-state index is -0.574. The number of hydrogen-bond acceptors (Lipinski definition) is 4. The summed E-state index contributed by atoms with van der Waals surface area (Å²) in [6, 6.07) is 20.5. The second-order valence-electron chi connectivity index (χ2n) is 11.8. The molecule has 1 aliphatic heterocycles. The Balaban J connectivity index is 1.47. The molecule has 1 saturated carbocycles. The van der Waals surface area contributed by atoms with Gasteiger partial charge in [-0.15, -0.1) is 0 Å². The van der Waals surface area contributed by atoms with Crippen LogP contribution in [0.5, 0.6) is 0 Å². The highest BCUT2D eigenvalue weighted by atomic mass is 16.6. The monoisotopic (exact) mass is 528 g/mol. The molecule has 3 aromatic rings. The van der Waals surface area contributed by atoms with Crippen molar-refractivity contribution in [2.45, 2.75) is 77.0 Å². The first kappa shape index (κ1) is 27.0. The average Bonchev–Trinajstić information content (AvgIpc) is 3.39. The second kappa shape index (κ2) is 11.6. The van der Waals surface area contributed by atoms with Gasteiger partial charge in [0, 0.05) is 31.2 Å². The van der Waals surface area contributed by atoms with Crippen LogP contribution < -0.4 is 0 Å². The maximum Gasteiger partial charge on any atom is 0.410 e. The molecule has 206 valence electrons. The van der Waals surface area contributed by atoms with Crippen molar-refractivity contribution in [3.63, 3.8) is 0 Å². The van der Waals surface area contributed by atoms with E-state index in [1.807, 2.05) is 68.4 Å². The van der Waals surface area contributed by atoms with E-state index in [1.165, 1.54) is 19.3 Å². The Labute approximate surface area is 231 Å². The smallest absolute Gasteiger partial charge is 0.410 e. The Morgan fingerprint density at radius 2 is 1.59 bits per heavy atom. The number of amides is 2. The van der Waals surface area contributed by atoms with Crippen LogP contribution in [0.25, 0.3) is 11.3 Å². The number of hydrogen-bond donors (Lipinski definition) is 0. The van der Waals surface area contributed by atoms with Crippen molar-refractivity contribution in [2.24, 2.45) is 0 Å². The van der Waals surface area contributed by atoms with Gasteiger partial charge >= 0.3 is 6.09 Å². The Morgan fingerprint density at radius 3 is 2.26 bits per heavy atom. The maximum absolute atomic E-state index is 14.3. The standard InChI is InChI=1S/C32H40N4O3/c1-32(2,3)39-31(38)34-19-20-35(27(22-34)21-24-13-7-4-8-14-24)30(37)28-29(25-15-9-5-10-16-25)36(23-33-28)26-17-11-6-12-18-26/h4-5,7-10,13-16,23,26-27H,6,11-12,17-22H2,1-3H3/t27-/m1/s1.